The Balaban J connectivity index is 3.00. The smallest absolute Gasteiger partial charge is 0.0347 e. The Morgan fingerprint density at radius 3 is 1.87 bits per heavy atom. The summed E-state index contributed by atoms with van der Waals surface area (Å²) < 4.78 is 0. The van der Waals surface area contributed by atoms with E-state index in [1.807, 2.05) is 0 Å². The van der Waals surface area contributed by atoms with Crippen LogP contribution in [0.2, 0.25) is 0 Å². The van der Waals surface area contributed by atoms with E-state index in [1.165, 1.54) is 57.8 Å². The molecule has 0 fully saturated rings. The van der Waals surface area contributed by atoms with Gasteiger partial charge in [0, 0.05) is 0 Å². The highest BCUT2D eigenvalue weighted by molar-refractivity contribution is 4.81. The van der Waals surface area contributed by atoms with Gasteiger partial charge in [0.15, 0.2) is 0 Å². The van der Waals surface area contributed by atoms with Crippen LogP contribution in [0.4, 0.5) is 0 Å². The average molecular weight is 207 g/mol. The molecule has 0 nitrogen and oxygen atoms in total. The largest absolute Gasteiger partial charge is 0.0885 e. The molecule has 87 valence electrons. The fourth-order valence-electron chi connectivity index (χ4n) is 1.63. The van der Waals surface area contributed by atoms with Crippen molar-refractivity contribution in [2.75, 3.05) is 0 Å². The van der Waals surface area contributed by atoms with Crippen LogP contribution in [0.5, 0.6) is 0 Å². The highest BCUT2D eigenvalue weighted by Crippen LogP contribution is 2.06. The molecule has 0 aromatic carbocycles. The summed E-state index contributed by atoms with van der Waals surface area (Å²) in [5, 5.41) is 0. The lowest BCUT2D eigenvalue weighted by molar-refractivity contribution is 0.636. The van der Waals surface area contributed by atoms with Gasteiger partial charge in [0.2, 0.25) is 0 Å². The fraction of sp³-hybridized carbons (Fsp3) is 0.733. The van der Waals surface area contributed by atoms with Gasteiger partial charge in [-0.15, -0.1) is 0 Å². The van der Waals surface area contributed by atoms with Gasteiger partial charge in [0.25, 0.3) is 0 Å². The maximum Gasteiger partial charge on any atom is -0.0347 e. The molecule has 0 aliphatic rings. The van der Waals surface area contributed by atoms with Crippen LogP contribution < -0.4 is 0 Å². The van der Waals surface area contributed by atoms with Crippen LogP contribution in [0, 0.1) is 6.58 Å². The van der Waals surface area contributed by atoms with Gasteiger partial charge in [-0.3, -0.25) is 0 Å². The Kier molecular flexibility index (Phi) is 13.0. The lowest BCUT2D eigenvalue weighted by Crippen LogP contribution is -1.76. The van der Waals surface area contributed by atoms with Gasteiger partial charge >= 0.3 is 0 Å². The van der Waals surface area contributed by atoms with Gasteiger partial charge in [-0.25, -0.2) is 0 Å². The zero-order valence-corrected chi connectivity index (χ0v) is 10.4. The van der Waals surface area contributed by atoms with Gasteiger partial charge in [0.1, 0.15) is 0 Å². The molecule has 0 unspecified atom stereocenters. The number of allylic oxidation sites excluding steroid dienone is 3. The van der Waals surface area contributed by atoms with E-state index in [2.05, 4.69) is 19.1 Å². The molecular weight excluding hydrogens is 180 g/mol. The maximum absolute atomic E-state index is 5.31. The van der Waals surface area contributed by atoms with Gasteiger partial charge < -0.3 is 0 Å². The van der Waals surface area contributed by atoms with Crippen molar-refractivity contribution >= 4 is 0 Å². The first-order valence-corrected chi connectivity index (χ1v) is 6.60. The van der Waals surface area contributed by atoms with Crippen molar-refractivity contribution in [3.63, 3.8) is 0 Å². The van der Waals surface area contributed by atoms with Crippen LogP contribution in [0.15, 0.2) is 18.2 Å². The van der Waals surface area contributed by atoms with Gasteiger partial charge in [0.05, 0.1) is 0 Å². The average Bonchev–Trinajstić information content (AvgIpc) is 2.26. The summed E-state index contributed by atoms with van der Waals surface area (Å²) in [6.07, 6.45) is 19.4. The number of unbranched alkanes of at least 4 members (excludes halogenated alkanes) is 8. The van der Waals surface area contributed by atoms with Crippen molar-refractivity contribution in [2.45, 2.75) is 71.1 Å². The van der Waals surface area contributed by atoms with Gasteiger partial charge in [-0.05, 0) is 38.5 Å². The second kappa shape index (κ2) is 13.5. The molecule has 0 aliphatic carbocycles. The molecule has 15 heavy (non-hydrogen) atoms. The van der Waals surface area contributed by atoms with Crippen LogP contribution in [0.1, 0.15) is 71.1 Å². The molecule has 1 radical (unpaired) electrons. The van der Waals surface area contributed by atoms with E-state index in [4.69, 9.17) is 6.58 Å². The van der Waals surface area contributed by atoms with Crippen molar-refractivity contribution in [1.82, 2.24) is 0 Å². The van der Waals surface area contributed by atoms with Crippen molar-refractivity contribution < 1.29 is 0 Å². The Bertz CT molecular complexity index is 144. The highest BCUT2D eigenvalue weighted by Gasteiger charge is 1.86. The zero-order chi connectivity index (χ0) is 11.2. The Morgan fingerprint density at radius 2 is 1.27 bits per heavy atom. The summed E-state index contributed by atoms with van der Waals surface area (Å²) >= 11 is 0. The number of hydrogen-bond donors (Lipinski definition) is 0. The monoisotopic (exact) mass is 207 g/mol. The van der Waals surface area contributed by atoms with E-state index in [1.54, 1.807) is 6.08 Å². The molecule has 0 saturated heterocycles. The molecule has 0 aromatic heterocycles. The van der Waals surface area contributed by atoms with E-state index < -0.39 is 0 Å². The lowest BCUT2D eigenvalue weighted by atomic mass is 10.1. The van der Waals surface area contributed by atoms with Crippen LogP contribution in [0.3, 0.4) is 0 Å². The first kappa shape index (κ1) is 14.5. The fourth-order valence-corrected chi connectivity index (χ4v) is 1.63. The van der Waals surface area contributed by atoms with Crippen LogP contribution in [-0.4, -0.2) is 0 Å². The summed E-state index contributed by atoms with van der Waals surface area (Å²) in [5.41, 5.74) is 0. The third-order valence-electron chi connectivity index (χ3n) is 2.63. The minimum atomic E-state index is 1.06. The Labute approximate surface area is 96.5 Å². The predicted octanol–water partition coefficient (Wildman–Crippen LogP) is 5.45. The summed E-state index contributed by atoms with van der Waals surface area (Å²) in [5.74, 6) is 0. The molecule has 0 heteroatoms. The van der Waals surface area contributed by atoms with Gasteiger partial charge in [-0.1, -0.05) is 57.4 Å². The summed E-state index contributed by atoms with van der Waals surface area (Å²) in [6, 6.07) is 0. The van der Waals surface area contributed by atoms with E-state index in [9.17, 15) is 0 Å². The molecule has 0 spiro atoms. The third-order valence-corrected chi connectivity index (χ3v) is 2.63. The van der Waals surface area contributed by atoms with Crippen LogP contribution in [-0.2, 0) is 0 Å². The van der Waals surface area contributed by atoms with Crippen molar-refractivity contribution in [3.05, 3.63) is 24.8 Å². The molecule has 0 bridgehead atoms. The normalized spacial score (nSPS) is 11.0. The van der Waals surface area contributed by atoms with Crippen LogP contribution >= 0.6 is 0 Å². The molecule has 0 N–H and O–H groups in total. The Morgan fingerprint density at radius 1 is 0.733 bits per heavy atom. The summed E-state index contributed by atoms with van der Waals surface area (Å²) in [6.45, 7) is 7.57. The summed E-state index contributed by atoms with van der Waals surface area (Å²) in [7, 11) is 0. The molecule has 0 heterocycles. The minimum absolute atomic E-state index is 1.06. The Hall–Kier alpha value is -0.520. The molecule has 0 amide bonds. The van der Waals surface area contributed by atoms with Crippen molar-refractivity contribution in [1.29, 1.82) is 0 Å². The second-order valence-corrected chi connectivity index (χ2v) is 4.19. The summed E-state index contributed by atoms with van der Waals surface area (Å²) in [4.78, 5) is 0. The second-order valence-electron chi connectivity index (χ2n) is 4.19. The predicted molar refractivity (Wildman–Crippen MR) is 69.9 cm³/mol. The molecule has 0 rings (SSSR count). The van der Waals surface area contributed by atoms with Crippen molar-refractivity contribution in [3.8, 4) is 0 Å². The van der Waals surface area contributed by atoms with E-state index in [-0.39, 0.29) is 0 Å². The lowest BCUT2D eigenvalue weighted by Gasteiger charge is -1.96. The molecular formula is C15H27. The van der Waals surface area contributed by atoms with Crippen molar-refractivity contribution in [2.24, 2.45) is 0 Å². The molecule has 0 aliphatic heterocycles. The highest BCUT2D eigenvalue weighted by atomic mass is 13.9. The number of hydrogen-bond acceptors (Lipinski definition) is 0. The quantitative estimate of drug-likeness (QED) is 0.312. The first-order chi connectivity index (χ1) is 7.41. The minimum Gasteiger partial charge on any atom is -0.0885 e. The SMILES string of the molecule is [CH]=CCCCCC=CCCCCCCC. The first-order valence-electron chi connectivity index (χ1n) is 6.60. The molecule has 0 saturated carbocycles. The molecule has 0 aromatic rings. The standard InChI is InChI=1S/C15H27/c1-3-5-7-9-11-13-15-14-12-10-8-6-4-2/h1,3,13,15H,4-12,14H2,2H3. The van der Waals surface area contributed by atoms with Gasteiger partial charge in [-0.2, -0.15) is 0 Å². The topological polar surface area (TPSA) is 0 Å². The zero-order valence-electron chi connectivity index (χ0n) is 10.4. The number of rotatable bonds is 11. The third kappa shape index (κ3) is 13.5. The van der Waals surface area contributed by atoms with E-state index >= 15 is 0 Å². The van der Waals surface area contributed by atoms with E-state index in [0.717, 1.165) is 6.42 Å². The van der Waals surface area contributed by atoms with E-state index in [0.29, 0.717) is 0 Å². The van der Waals surface area contributed by atoms with Crippen LogP contribution in [0.25, 0.3) is 0 Å². The maximum atomic E-state index is 5.31. The molecule has 0 atom stereocenters.